The minimum absolute atomic E-state index is 0.610. The fourth-order valence-electron chi connectivity index (χ4n) is 1.36. The van der Waals surface area contributed by atoms with Crippen LogP contribution in [0, 0.1) is 0 Å². The Kier molecular flexibility index (Phi) is 4.25. The summed E-state index contributed by atoms with van der Waals surface area (Å²) < 4.78 is 0. The maximum Gasteiger partial charge on any atom is 0.332 e. The quantitative estimate of drug-likeness (QED) is 0.477. The summed E-state index contributed by atoms with van der Waals surface area (Å²) in [4.78, 5) is 21.0. The van der Waals surface area contributed by atoms with E-state index >= 15 is 0 Å². The molecule has 1 fully saturated rings. The number of hydrogen-bond acceptors (Lipinski definition) is 4. The van der Waals surface area contributed by atoms with E-state index in [1.54, 1.807) is 0 Å². The van der Waals surface area contributed by atoms with Gasteiger partial charge in [0.15, 0.2) is 0 Å². The van der Waals surface area contributed by atoms with Crippen LogP contribution in [0.1, 0.15) is 25.7 Å². The minimum Gasteiger partial charge on any atom is -0.350 e. The summed E-state index contributed by atoms with van der Waals surface area (Å²) in [6, 6.07) is -1.47. The van der Waals surface area contributed by atoms with E-state index in [-0.39, 0.29) is 0 Å². The predicted octanol–water partition coefficient (Wildman–Crippen LogP) is -0.391. The monoisotopic (exact) mass is 226 g/mol. The number of hydrogen-bond donors (Lipinski definition) is 4. The molecular formula is C8H14N6O2. The lowest BCUT2D eigenvalue weighted by atomic mass is 9.96. The van der Waals surface area contributed by atoms with Gasteiger partial charge in [0.2, 0.25) is 0 Å². The Balaban J connectivity index is 2.70. The second-order valence-corrected chi connectivity index (χ2v) is 3.28. The maximum absolute atomic E-state index is 10.5. The Morgan fingerprint density at radius 2 is 1.31 bits per heavy atom. The zero-order valence-electron chi connectivity index (χ0n) is 8.69. The molecule has 8 heteroatoms. The zero-order chi connectivity index (χ0) is 12.0. The van der Waals surface area contributed by atoms with E-state index in [2.05, 4.69) is 21.1 Å². The maximum atomic E-state index is 10.5. The molecule has 6 N–H and O–H groups in total. The number of nitrogens with one attached hydrogen (secondary N) is 2. The smallest absolute Gasteiger partial charge is 0.332 e. The highest BCUT2D eigenvalue weighted by molar-refractivity contribution is 6.42. The van der Waals surface area contributed by atoms with Gasteiger partial charge in [-0.25, -0.2) is 20.4 Å². The molecule has 16 heavy (non-hydrogen) atoms. The molecular weight excluding hydrogens is 212 g/mol. The predicted molar refractivity (Wildman–Crippen MR) is 58.8 cm³/mol. The lowest BCUT2D eigenvalue weighted by Crippen LogP contribution is -2.32. The molecule has 8 nitrogen and oxygen atoms in total. The Bertz CT molecular complexity index is 314. The van der Waals surface area contributed by atoms with Gasteiger partial charge in [0.25, 0.3) is 0 Å². The van der Waals surface area contributed by atoms with E-state index < -0.39 is 12.1 Å². The summed E-state index contributed by atoms with van der Waals surface area (Å²) in [5, 5.41) is 7.62. The zero-order valence-corrected chi connectivity index (χ0v) is 8.69. The van der Waals surface area contributed by atoms with Crippen LogP contribution in [0.3, 0.4) is 0 Å². The number of nitrogens with zero attached hydrogens (tertiary/aromatic N) is 2. The van der Waals surface area contributed by atoms with Crippen molar-refractivity contribution in [1.82, 2.24) is 10.9 Å². The molecule has 4 amide bonds. The SMILES string of the molecule is NC(=O)N/N=C1\CCCC\C1=N/NC(N)=O. The number of carbonyl (C=O) groups excluding carboxylic acids is 2. The highest BCUT2D eigenvalue weighted by atomic mass is 16.2. The summed E-state index contributed by atoms with van der Waals surface area (Å²) in [5.74, 6) is 0. The first-order valence-corrected chi connectivity index (χ1v) is 4.84. The molecule has 0 unspecified atom stereocenters. The molecule has 1 aliphatic carbocycles. The van der Waals surface area contributed by atoms with Crippen molar-refractivity contribution in [2.75, 3.05) is 0 Å². The van der Waals surface area contributed by atoms with Gasteiger partial charge in [-0.1, -0.05) is 0 Å². The molecule has 0 radical (unpaired) electrons. The highest BCUT2D eigenvalue weighted by Gasteiger charge is 2.15. The van der Waals surface area contributed by atoms with Gasteiger partial charge in [-0.15, -0.1) is 0 Å². The molecule has 0 atom stereocenters. The van der Waals surface area contributed by atoms with Crippen LogP contribution in [0.25, 0.3) is 0 Å². The molecule has 0 heterocycles. The number of carbonyl (C=O) groups is 2. The molecule has 0 aliphatic heterocycles. The van der Waals surface area contributed by atoms with Gasteiger partial charge in [0, 0.05) is 0 Å². The number of urea groups is 2. The molecule has 0 bridgehead atoms. The topological polar surface area (TPSA) is 135 Å². The third-order valence-electron chi connectivity index (χ3n) is 2.01. The van der Waals surface area contributed by atoms with Crippen molar-refractivity contribution >= 4 is 23.5 Å². The summed E-state index contributed by atoms with van der Waals surface area (Å²) >= 11 is 0. The van der Waals surface area contributed by atoms with Crippen molar-refractivity contribution in [3.8, 4) is 0 Å². The van der Waals surface area contributed by atoms with E-state index in [9.17, 15) is 9.59 Å². The van der Waals surface area contributed by atoms with Crippen LogP contribution in [0.4, 0.5) is 9.59 Å². The first-order valence-electron chi connectivity index (χ1n) is 4.84. The van der Waals surface area contributed by atoms with E-state index in [0.717, 1.165) is 12.8 Å². The van der Waals surface area contributed by atoms with Crippen LogP contribution in [0.15, 0.2) is 10.2 Å². The van der Waals surface area contributed by atoms with Gasteiger partial charge in [0.05, 0.1) is 11.4 Å². The Hall–Kier alpha value is -2.12. The van der Waals surface area contributed by atoms with Crippen molar-refractivity contribution in [3.63, 3.8) is 0 Å². The number of nitrogens with two attached hydrogens (primary N) is 2. The molecule has 0 saturated heterocycles. The second-order valence-electron chi connectivity index (χ2n) is 3.28. The van der Waals surface area contributed by atoms with E-state index in [0.29, 0.717) is 24.3 Å². The average molecular weight is 226 g/mol. The minimum atomic E-state index is -0.736. The molecule has 0 aromatic carbocycles. The molecule has 1 aliphatic rings. The lowest BCUT2D eigenvalue weighted by Gasteiger charge is -2.14. The molecule has 1 rings (SSSR count). The highest BCUT2D eigenvalue weighted by Crippen LogP contribution is 2.12. The van der Waals surface area contributed by atoms with Crippen molar-refractivity contribution < 1.29 is 9.59 Å². The lowest BCUT2D eigenvalue weighted by molar-refractivity contribution is 0.248. The van der Waals surface area contributed by atoms with Crippen molar-refractivity contribution in [3.05, 3.63) is 0 Å². The molecule has 0 aromatic rings. The first-order chi connectivity index (χ1) is 7.59. The van der Waals surface area contributed by atoms with Crippen molar-refractivity contribution in [2.24, 2.45) is 21.7 Å². The van der Waals surface area contributed by atoms with E-state index in [4.69, 9.17) is 11.5 Å². The van der Waals surface area contributed by atoms with Crippen LogP contribution in [0.5, 0.6) is 0 Å². The third kappa shape index (κ3) is 3.95. The van der Waals surface area contributed by atoms with Gasteiger partial charge in [-0.2, -0.15) is 10.2 Å². The van der Waals surface area contributed by atoms with Crippen LogP contribution < -0.4 is 22.3 Å². The van der Waals surface area contributed by atoms with Crippen LogP contribution >= 0.6 is 0 Å². The molecule has 0 aromatic heterocycles. The Morgan fingerprint density at radius 1 is 0.938 bits per heavy atom. The summed E-state index contributed by atoms with van der Waals surface area (Å²) in [7, 11) is 0. The van der Waals surface area contributed by atoms with Gasteiger partial charge < -0.3 is 11.5 Å². The normalized spacial score (nSPS) is 20.8. The molecule has 0 spiro atoms. The van der Waals surface area contributed by atoms with E-state index in [1.165, 1.54) is 0 Å². The van der Waals surface area contributed by atoms with Gasteiger partial charge in [0.1, 0.15) is 0 Å². The van der Waals surface area contributed by atoms with E-state index in [1.807, 2.05) is 0 Å². The van der Waals surface area contributed by atoms with Crippen LogP contribution in [0.2, 0.25) is 0 Å². The van der Waals surface area contributed by atoms with Crippen LogP contribution in [-0.4, -0.2) is 23.5 Å². The fraction of sp³-hybridized carbons (Fsp3) is 0.500. The standard InChI is InChI=1S/C8H14N6O2/c9-7(15)13-11-5-3-1-2-4-6(5)12-14-8(10)16/h1-4H2,(H3,9,13,15)(H3,10,14,16)/b11-5+,12-6+. The average Bonchev–Trinajstić information content (AvgIpc) is 2.24. The summed E-state index contributed by atoms with van der Waals surface area (Å²) in [5.41, 5.74) is 15.3. The first kappa shape index (κ1) is 12.0. The largest absolute Gasteiger partial charge is 0.350 e. The summed E-state index contributed by atoms with van der Waals surface area (Å²) in [6.07, 6.45) is 3.27. The van der Waals surface area contributed by atoms with Gasteiger partial charge in [-0.3, -0.25) is 0 Å². The Labute approximate surface area is 92.1 Å². The molecule has 88 valence electrons. The van der Waals surface area contributed by atoms with Gasteiger partial charge >= 0.3 is 12.1 Å². The molecule has 1 saturated carbocycles. The Morgan fingerprint density at radius 3 is 1.62 bits per heavy atom. The van der Waals surface area contributed by atoms with Gasteiger partial charge in [-0.05, 0) is 25.7 Å². The van der Waals surface area contributed by atoms with Crippen LogP contribution in [-0.2, 0) is 0 Å². The summed E-state index contributed by atoms with van der Waals surface area (Å²) in [6.45, 7) is 0. The number of primary amides is 2. The van der Waals surface area contributed by atoms with Crippen molar-refractivity contribution in [1.29, 1.82) is 0 Å². The second kappa shape index (κ2) is 5.69. The number of rotatable bonds is 2. The fourth-order valence-corrected chi connectivity index (χ4v) is 1.36. The third-order valence-corrected chi connectivity index (χ3v) is 2.01. The number of amides is 4. The van der Waals surface area contributed by atoms with Crippen molar-refractivity contribution in [2.45, 2.75) is 25.7 Å². The number of hydrazone groups is 2.